The van der Waals surface area contributed by atoms with Gasteiger partial charge in [0.2, 0.25) is 0 Å². The van der Waals surface area contributed by atoms with E-state index in [9.17, 15) is 5.11 Å². The summed E-state index contributed by atoms with van der Waals surface area (Å²) in [4.78, 5) is 4.65. The number of benzene rings is 1. The molecule has 1 aliphatic carbocycles. The molecule has 1 aromatic carbocycles. The molecule has 4 rings (SSSR count). The maximum Gasteiger partial charge on any atom is 0.296 e. The highest BCUT2D eigenvalue weighted by molar-refractivity contribution is 6.23. The van der Waals surface area contributed by atoms with Crippen molar-refractivity contribution >= 4 is 22.4 Å². The summed E-state index contributed by atoms with van der Waals surface area (Å²) in [5.74, 6) is 1.72. The molecule has 1 aromatic heterocycles. The molecule has 0 saturated heterocycles. The Kier molecular flexibility index (Phi) is 2.64. The molecule has 1 fully saturated rings. The van der Waals surface area contributed by atoms with Gasteiger partial charge in [-0.1, -0.05) is 25.0 Å². The van der Waals surface area contributed by atoms with Gasteiger partial charge in [-0.3, -0.25) is 4.99 Å². The Morgan fingerprint density at radius 3 is 2.64 bits per heavy atom. The van der Waals surface area contributed by atoms with Crippen molar-refractivity contribution in [1.29, 1.82) is 0 Å². The lowest BCUT2D eigenvalue weighted by Gasteiger charge is -2.19. The fraction of sp³-hybridized carbons (Fsp3) is 0.412. The molecule has 0 unspecified atom stereocenters. The average molecular weight is 297 g/mol. The quantitative estimate of drug-likeness (QED) is 0.790. The number of aliphatic imine (C=N–C) groups is 1. The van der Waals surface area contributed by atoms with Gasteiger partial charge in [0, 0.05) is 0 Å². The number of aliphatic hydroxyl groups is 1. The summed E-state index contributed by atoms with van der Waals surface area (Å²) in [7, 11) is 4.01. The zero-order valence-corrected chi connectivity index (χ0v) is 13.0. The minimum absolute atomic E-state index is 0.351. The van der Waals surface area contributed by atoms with E-state index in [2.05, 4.69) is 26.3 Å². The normalized spacial score (nSPS) is 20.4. The molecular weight excluding hydrogens is 276 g/mol. The van der Waals surface area contributed by atoms with Crippen molar-refractivity contribution < 1.29 is 9.67 Å². The summed E-state index contributed by atoms with van der Waals surface area (Å²) in [6.45, 7) is 0. The van der Waals surface area contributed by atoms with E-state index in [4.69, 9.17) is 5.73 Å². The van der Waals surface area contributed by atoms with Crippen molar-refractivity contribution in [3.8, 4) is 0 Å². The fourth-order valence-electron chi connectivity index (χ4n) is 4.04. The van der Waals surface area contributed by atoms with Crippen molar-refractivity contribution in [2.45, 2.75) is 31.2 Å². The lowest BCUT2D eigenvalue weighted by Crippen LogP contribution is -2.35. The van der Waals surface area contributed by atoms with Crippen LogP contribution in [-0.4, -0.2) is 21.0 Å². The number of amidine groups is 1. The van der Waals surface area contributed by atoms with Gasteiger partial charge in [0.25, 0.3) is 5.82 Å². The standard InChI is InChI=1S/C17H20N4O/c1-20-11-7-3-4-8-12(11)21(2)16(20)13-14(22)17(19-15(13)18)9-5-6-10-17/h3-4,7-8H,5-6,9-10H2,1-2H3,(H2,18,19)/p+1. The molecule has 22 heavy (non-hydrogen) atoms. The smallest absolute Gasteiger partial charge is 0.296 e. The van der Waals surface area contributed by atoms with E-state index >= 15 is 0 Å². The summed E-state index contributed by atoms with van der Waals surface area (Å²) in [5.41, 5.74) is 8.67. The van der Waals surface area contributed by atoms with Gasteiger partial charge in [0.15, 0.2) is 11.0 Å². The first kappa shape index (κ1) is 13.4. The molecule has 5 nitrogen and oxygen atoms in total. The van der Waals surface area contributed by atoms with Crippen LogP contribution in [0.3, 0.4) is 0 Å². The van der Waals surface area contributed by atoms with Crippen LogP contribution in [0.2, 0.25) is 0 Å². The van der Waals surface area contributed by atoms with Crippen LogP contribution in [0.5, 0.6) is 0 Å². The number of para-hydroxylation sites is 2. The van der Waals surface area contributed by atoms with Crippen LogP contribution in [0.1, 0.15) is 31.5 Å². The second-order valence-corrected chi connectivity index (χ2v) is 6.39. The van der Waals surface area contributed by atoms with E-state index in [-0.39, 0.29) is 0 Å². The van der Waals surface area contributed by atoms with Crippen LogP contribution < -0.4 is 10.3 Å². The number of rotatable bonds is 1. The maximum atomic E-state index is 10.9. The second kappa shape index (κ2) is 4.35. The highest BCUT2D eigenvalue weighted by Gasteiger charge is 2.47. The van der Waals surface area contributed by atoms with Gasteiger partial charge in [-0.05, 0) is 25.0 Å². The predicted molar refractivity (Wildman–Crippen MR) is 86.5 cm³/mol. The Balaban J connectivity index is 2.00. The van der Waals surface area contributed by atoms with E-state index in [0.717, 1.165) is 42.5 Å². The Hall–Kier alpha value is -2.30. The monoisotopic (exact) mass is 297 g/mol. The number of nitrogens with zero attached hydrogens (tertiary/aromatic N) is 3. The average Bonchev–Trinajstić information content (AvgIpc) is 3.14. The number of fused-ring (bicyclic) bond motifs is 1. The Labute approximate surface area is 129 Å². The molecule has 1 spiro atoms. The number of aliphatic hydroxyl groups excluding tert-OH is 1. The van der Waals surface area contributed by atoms with Gasteiger partial charge in [-0.15, -0.1) is 0 Å². The molecule has 2 heterocycles. The molecular formula is C17H21N4O+. The topological polar surface area (TPSA) is 67.4 Å². The minimum atomic E-state index is -0.469. The molecule has 0 bridgehead atoms. The molecule has 5 heteroatoms. The van der Waals surface area contributed by atoms with Crippen molar-refractivity contribution in [3.63, 3.8) is 0 Å². The van der Waals surface area contributed by atoms with Crippen LogP contribution in [0.15, 0.2) is 35.0 Å². The highest BCUT2D eigenvalue weighted by Crippen LogP contribution is 2.45. The lowest BCUT2D eigenvalue weighted by atomic mass is 9.95. The fourth-order valence-corrected chi connectivity index (χ4v) is 4.04. The first-order valence-electron chi connectivity index (χ1n) is 7.78. The molecule has 1 saturated carbocycles. The van der Waals surface area contributed by atoms with Crippen molar-refractivity contribution in [2.24, 2.45) is 24.8 Å². The number of aryl methyl sites for hydroxylation is 2. The van der Waals surface area contributed by atoms with E-state index in [0.29, 0.717) is 17.2 Å². The largest absolute Gasteiger partial charge is 0.509 e. The van der Waals surface area contributed by atoms with Crippen LogP contribution in [0.4, 0.5) is 0 Å². The zero-order chi connectivity index (χ0) is 15.5. The number of imidazole rings is 1. The maximum absolute atomic E-state index is 10.9. The van der Waals surface area contributed by atoms with Crippen molar-refractivity contribution in [3.05, 3.63) is 35.8 Å². The van der Waals surface area contributed by atoms with E-state index < -0.39 is 5.54 Å². The summed E-state index contributed by atoms with van der Waals surface area (Å²) in [6, 6.07) is 8.18. The number of hydrogen-bond donors (Lipinski definition) is 2. The van der Waals surface area contributed by atoms with Crippen LogP contribution in [0.25, 0.3) is 16.6 Å². The molecule has 3 N–H and O–H groups in total. The molecule has 1 aliphatic heterocycles. The van der Waals surface area contributed by atoms with Crippen LogP contribution in [0, 0.1) is 0 Å². The lowest BCUT2D eigenvalue weighted by molar-refractivity contribution is -0.648. The van der Waals surface area contributed by atoms with Gasteiger partial charge in [-0.2, -0.15) is 0 Å². The molecule has 2 aliphatic rings. The molecule has 114 valence electrons. The van der Waals surface area contributed by atoms with Gasteiger partial charge in [0.05, 0.1) is 14.1 Å². The predicted octanol–water partition coefficient (Wildman–Crippen LogP) is 1.96. The molecule has 0 amide bonds. The van der Waals surface area contributed by atoms with Gasteiger partial charge in [-0.25, -0.2) is 9.13 Å². The van der Waals surface area contributed by atoms with Crippen molar-refractivity contribution in [2.75, 3.05) is 0 Å². The van der Waals surface area contributed by atoms with E-state index in [1.807, 2.05) is 26.2 Å². The number of aromatic nitrogens is 2. The van der Waals surface area contributed by atoms with Gasteiger partial charge >= 0.3 is 0 Å². The number of nitrogens with two attached hydrogens (primary N) is 1. The first-order chi connectivity index (χ1) is 10.6. The number of hydrogen-bond acceptors (Lipinski definition) is 3. The SMILES string of the molecule is Cn1c(C2=C(O)C3(CCCC3)N=C2N)[n+](C)c2ccccc21. The van der Waals surface area contributed by atoms with Crippen LogP contribution in [-0.2, 0) is 14.1 Å². The van der Waals surface area contributed by atoms with Gasteiger partial charge < -0.3 is 10.8 Å². The first-order valence-corrected chi connectivity index (χ1v) is 7.78. The second-order valence-electron chi connectivity index (χ2n) is 6.39. The third kappa shape index (κ3) is 1.54. The van der Waals surface area contributed by atoms with E-state index in [1.54, 1.807) is 0 Å². The Morgan fingerprint density at radius 1 is 1.27 bits per heavy atom. The van der Waals surface area contributed by atoms with E-state index in [1.165, 1.54) is 0 Å². The summed E-state index contributed by atoms with van der Waals surface area (Å²) < 4.78 is 4.16. The minimum Gasteiger partial charge on any atom is -0.509 e. The Bertz CT molecular complexity index is 799. The summed E-state index contributed by atoms with van der Waals surface area (Å²) in [5, 5.41) is 10.9. The third-order valence-electron chi connectivity index (χ3n) is 5.16. The van der Waals surface area contributed by atoms with Crippen molar-refractivity contribution in [1.82, 2.24) is 4.57 Å². The Morgan fingerprint density at radius 2 is 1.95 bits per heavy atom. The zero-order valence-electron chi connectivity index (χ0n) is 13.0. The molecule has 2 aromatic rings. The summed E-state index contributed by atoms with van der Waals surface area (Å²) in [6.07, 6.45) is 3.96. The molecule has 0 atom stereocenters. The highest BCUT2D eigenvalue weighted by atomic mass is 16.3. The molecule has 0 radical (unpaired) electrons. The van der Waals surface area contributed by atoms with Gasteiger partial charge in [0.1, 0.15) is 22.7 Å². The van der Waals surface area contributed by atoms with Crippen LogP contribution >= 0.6 is 0 Å². The third-order valence-corrected chi connectivity index (χ3v) is 5.16. The summed E-state index contributed by atoms with van der Waals surface area (Å²) >= 11 is 0.